The first-order valence-electron chi connectivity index (χ1n) is 20.3. The summed E-state index contributed by atoms with van der Waals surface area (Å²) in [6.45, 7) is 27.2. The normalized spacial score (nSPS) is 12.0. The van der Waals surface area contributed by atoms with E-state index in [1.54, 1.807) is 0 Å². The summed E-state index contributed by atoms with van der Waals surface area (Å²) in [6, 6.07) is 8.66. The van der Waals surface area contributed by atoms with Crippen LogP contribution in [0.15, 0.2) is 24.3 Å². The summed E-state index contributed by atoms with van der Waals surface area (Å²) in [7, 11) is 13.6. The van der Waals surface area contributed by atoms with Gasteiger partial charge in [0.05, 0.1) is 80.5 Å². The molecule has 1 aromatic rings. The van der Waals surface area contributed by atoms with E-state index >= 15 is 0 Å². The maximum Gasteiger partial charge on any atom is 0.0876 e. The second kappa shape index (κ2) is 34.0. The first kappa shape index (κ1) is 52.6. The molecule has 0 aliphatic carbocycles. The Bertz CT molecular complexity index is 819. The molecule has 0 aliphatic rings. The molecule has 0 N–H and O–H groups in total. The maximum atomic E-state index is 2.38. The summed E-state index contributed by atoms with van der Waals surface area (Å²) < 4.78 is 3.61. The maximum absolute atomic E-state index is 2.38. The third-order valence-corrected chi connectivity index (χ3v) is 14.8. The minimum Gasteiger partial charge on any atom is -0.328 e. The number of aryl methyl sites for hydroxylation is 1. The first-order valence-corrected chi connectivity index (χ1v) is 24.9. The number of rotatable bonds is 29. The zero-order valence-corrected chi connectivity index (χ0v) is 39.3. The molecule has 1 rings (SSSR count). The number of nitrogens with zero attached hydrogens (tertiary/aromatic N) is 4. The van der Waals surface area contributed by atoms with E-state index in [4.69, 9.17) is 0 Å². The van der Waals surface area contributed by atoms with E-state index in [0.29, 0.717) is 0 Å². The second-order valence-electron chi connectivity index (χ2n) is 15.4. The van der Waals surface area contributed by atoms with Crippen LogP contribution in [0.3, 0.4) is 0 Å². The topological polar surface area (TPSA) is 3.24 Å². The lowest BCUT2D eigenvalue weighted by atomic mass is 10.1. The van der Waals surface area contributed by atoms with Gasteiger partial charge in [-0.1, -0.05) is 68.9 Å². The highest BCUT2D eigenvalue weighted by Crippen LogP contribution is 2.14. The Labute approximate surface area is 333 Å². The van der Waals surface area contributed by atoms with Crippen LogP contribution in [0, 0.1) is 6.92 Å². The zero-order chi connectivity index (χ0) is 38.2. The molecule has 1 aromatic carbocycles. The summed E-state index contributed by atoms with van der Waals surface area (Å²) >= 11 is 8.57. The average molecular weight is 778 g/mol. The molecule has 0 saturated carbocycles. The largest absolute Gasteiger partial charge is 0.328 e. The molecule has 0 heterocycles. The van der Waals surface area contributed by atoms with Gasteiger partial charge in [-0.15, -0.1) is 0 Å². The first-order chi connectivity index (χ1) is 23.8. The molecule has 50 heavy (non-hydrogen) atoms. The number of thioether (sulfide) groups is 4. The standard InChI is InChI=1S/C16H38N2S2.C16H36NS2.C10H15N/c1-7-17(5,8-2)11-13-19-15-16-20-14-12-18(6,9-3)10-4;1-5-7-8-9-10-11-13-18-15-16-19-14-12-17(3,4)6-2;1-9-4-6-10(7-5-9)8-11(2)3/h7-16H2,1-6H3;5-16H2,1-4H3;4-7H,8H2,1-3H3/q+2;+1;. The van der Waals surface area contributed by atoms with Crippen LogP contribution in [0.25, 0.3) is 0 Å². The van der Waals surface area contributed by atoms with E-state index < -0.39 is 0 Å². The van der Waals surface area contributed by atoms with Gasteiger partial charge < -0.3 is 18.3 Å². The van der Waals surface area contributed by atoms with Crippen LogP contribution in [0.4, 0.5) is 0 Å². The zero-order valence-electron chi connectivity index (χ0n) is 36.0. The summed E-state index contributed by atoms with van der Waals surface area (Å²) in [5, 5.41) is 0. The molecule has 0 amide bonds. The SMILES string of the molecule is CCCCCCCCSCCSCC[N+](C)(C)CC.CC[N+](C)(CC)CCSCCSCC[N+](C)(CC)CC.Cc1ccc(CN(C)C)cc1. The van der Waals surface area contributed by atoms with Gasteiger partial charge in [-0.25, -0.2) is 0 Å². The fourth-order valence-electron chi connectivity index (χ4n) is 4.81. The Morgan fingerprint density at radius 2 is 0.880 bits per heavy atom. The van der Waals surface area contributed by atoms with Crippen molar-refractivity contribution in [3.05, 3.63) is 35.4 Å². The number of hydrogen-bond donors (Lipinski definition) is 0. The number of quaternary nitrogens is 3. The number of unbranched alkanes of at least 4 members (excludes halogenated alkanes) is 5. The van der Waals surface area contributed by atoms with E-state index in [-0.39, 0.29) is 0 Å². The van der Waals surface area contributed by atoms with Gasteiger partial charge in [0.15, 0.2) is 0 Å². The lowest BCUT2D eigenvalue weighted by molar-refractivity contribution is -0.903. The van der Waals surface area contributed by atoms with Crippen LogP contribution < -0.4 is 0 Å². The summed E-state index contributed by atoms with van der Waals surface area (Å²) in [5.41, 5.74) is 2.70. The highest BCUT2D eigenvalue weighted by atomic mass is 32.2. The van der Waals surface area contributed by atoms with E-state index in [2.05, 4.69) is 167 Å². The lowest BCUT2D eigenvalue weighted by Gasteiger charge is -2.32. The summed E-state index contributed by atoms with van der Waals surface area (Å²) in [4.78, 5) is 2.17. The Balaban J connectivity index is 0. The number of hydrogen-bond acceptors (Lipinski definition) is 5. The lowest BCUT2D eigenvalue weighted by Crippen LogP contribution is -2.45. The van der Waals surface area contributed by atoms with E-state index in [9.17, 15) is 0 Å². The Hall–Kier alpha value is 0.460. The molecule has 0 fully saturated rings. The quantitative estimate of drug-likeness (QED) is 0.0587. The molecule has 4 nitrogen and oxygen atoms in total. The van der Waals surface area contributed by atoms with Gasteiger partial charge in [0.1, 0.15) is 0 Å². The van der Waals surface area contributed by atoms with Gasteiger partial charge in [0.25, 0.3) is 0 Å². The Kier molecular flexibility index (Phi) is 35.7. The highest BCUT2D eigenvalue weighted by molar-refractivity contribution is 8.03. The van der Waals surface area contributed by atoms with Crippen molar-refractivity contribution in [2.75, 3.05) is 141 Å². The van der Waals surface area contributed by atoms with Crippen molar-refractivity contribution < 1.29 is 13.4 Å². The second-order valence-corrected chi connectivity index (χ2v) is 20.3. The predicted molar refractivity (Wildman–Crippen MR) is 243 cm³/mol. The Morgan fingerprint density at radius 3 is 1.28 bits per heavy atom. The molecule has 0 aromatic heterocycles. The van der Waals surface area contributed by atoms with E-state index in [1.165, 1.54) is 157 Å². The smallest absolute Gasteiger partial charge is 0.0876 e. The monoisotopic (exact) mass is 778 g/mol. The van der Waals surface area contributed by atoms with Crippen molar-refractivity contribution in [3.63, 3.8) is 0 Å². The van der Waals surface area contributed by atoms with Crippen molar-refractivity contribution in [3.8, 4) is 0 Å². The van der Waals surface area contributed by atoms with E-state index in [1.807, 2.05) is 0 Å². The van der Waals surface area contributed by atoms with Crippen molar-refractivity contribution in [2.24, 2.45) is 0 Å². The average Bonchev–Trinajstić information content (AvgIpc) is 3.11. The van der Waals surface area contributed by atoms with Gasteiger partial charge in [-0.3, -0.25) is 0 Å². The van der Waals surface area contributed by atoms with Crippen molar-refractivity contribution in [2.45, 2.75) is 93.5 Å². The third kappa shape index (κ3) is 33.1. The Morgan fingerprint density at radius 1 is 0.480 bits per heavy atom. The minimum atomic E-state index is 1.03. The molecule has 0 radical (unpaired) electrons. The molecular formula is C42H89N4S4+3. The van der Waals surface area contributed by atoms with Crippen LogP contribution in [-0.4, -0.2) is 159 Å². The molecule has 0 spiro atoms. The fraction of sp³-hybridized carbons (Fsp3) is 0.857. The van der Waals surface area contributed by atoms with Crippen LogP contribution in [0.2, 0.25) is 0 Å². The van der Waals surface area contributed by atoms with Gasteiger partial charge in [0.2, 0.25) is 0 Å². The minimum absolute atomic E-state index is 1.03. The highest BCUT2D eigenvalue weighted by Gasteiger charge is 2.16. The molecule has 298 valence electrons. The van der Waals surface area contributed by atoms with Crippen molar-refractivity contribution >= 4 is 47.0 Å². The van der Waals surface area contributed by atoms with E-state index in [0.717, 1.165) is 11.0 Å². The van der Waals surface area contributed by atoms with Gasteiger partial charge in [-0.05, 0) is 73.4 Å². The molecule has 0 atom stereocenters. The summed E-state index contributed by atoms with van der Waals surface area (Å²) in [6.07, 6.45) is 8.56. The van der Waals surface area contributed by atoms with Crippen molar-refractivity contribution in [1.82, 2.24) is 4.90 Å². The number of benzene rings is 1. The summed E-state index contributed by atoms with van der Waals surface area (Å²) in [5.74, 6) is 10.7. The van der Waals surface area contributed by atoms with Gasteiger partial charge >= 0.3 is 0 Å². The van der Waals surface area contributed by atoms with Gasteiger partial charge in [0, 0.05) is 46.8 Å². The van der Waals surface area contributed by atoms with Crippen LogP contribution in [0.5, 0.6) is 0 Å². The molecule has 0 bridgehead atoms. The third-order valence-electron chi connectivity index (χ3n) is 10.3. The predicted octanol–water partition coefficient (Wildman–Crippen LogP) is 10.4. The van der Waals surface area contributed by atoms with Gasteiger partial charge in [-0.2, -0.15) is 47.0 Å². The van der Waals surface area contributed by atoms with Crippen LogP contribution >= 0.6 is 47.0 Å². The molecular weight excluding hydrogens is 689 g/mol. The fourth-order valence-corrected chi connectivity index (χ4v) is 9.68. The molecule has 0 unspecified atom stereocenters. The molecule has 0 saturated heterocycles. The molecule has 0 aliphatic heterocycles. The molecule has 8 heteroatoms. The van der Waals surface area contributed by atoms with Crippen LogP contribution in [-0.2, 0) is 6.54 Å². The van der Waals surface area contributed by atoms with Crippen LogP contribution in [0.1, 0.15) is 91.2 Å². The van der Waals surface area contributed by atoms with Crippen molar-refractivity contribution in [1.29, 1.82) is 0 Å².